The van der Waals surface area contributed by atoms with Crippen molar-refractivity contribution in [1.82, 2.24) is 0 Å². The molecule has 0 spiro atoms. The Kier molecular flexibility index (Phi) is 4.98. The first-order valence-electron chi connectivity index (χ1n) is 2.23. The molecule has 0 aromatic rings. The van der Waals surface area contributed by atoms with Gasteiger partial charge in [-0.05, 0) is 12.5 Å². The second-order valence-electron chi connectivity index (χ2n) is 1.44. The van der Waals surface area contributed by atoms with Gasteiger partial charge in [0.15, 0.2) is 0 Å². The van der Waals surface area contributed by atoms with Crippen molar-refractivity contribution in [3.63, 3.8) is 0 Å². The van der Waals surface area contributed by atoms with Crippen LogP contribution in [0.25, 0.3) is 0 Å². The minimum Gasteiger partial charge on any atom is -0.123 e. The Bertz CT molecular complexity index is 99.8. The van der Waals surface area contributed by atoms with E-state index in [1.807, 2.05) is 0 Å². The third-order valence-corrected chi connectivity index (χ3v) is 6.44. The second kappa shape index (κ2) is 4.20. The number of hydrogen-bond acceptors (Lipinski definition) is 2. The van der Waals surface area contributed by atoms with Gasteiger partial charge in [0, 0.05) is 0 Å². The molecule has 0 aliphatic rings. The van der Waals surface area contributed by atoms with E-state index in [1.54, 1.807) is 12.5 Å². The molecule has 0 aromatic carbocycles. The summed E-state index contributed by atoms with van der Waals surface area (Å²) in [5.74, 6) is 0. The molecule has 0 bridgehead atoms. The van der Waals surface area contributed by atoms with Crippen molar-refractivity contribution in [1.29, 1.82) is 0 Å². The first kappa shape index (κ1) is 11.9. The van der Waals surface area contributed by atoms with E-state index < -0.39 is 7.33 Å². The maximum absolute atomic E-state index is 5.76. The van der Waals surface area contributed by atoms with E-state index in [0.29, 0.717) is 0 Å². The molecule has 0 aromatic heterocycles. The first-order chi connectivity index (χ1) is 4.37. The maximum Gasteiger partial charge on any atom is 0.205 e. The highest BCUT2D eigenvalue weighted by Crippen LogP contribution is 2.54. The van der Waals surface area contributed by atoms with Crippen LogP contribution < -0.4 is 0 Å². The summed E-state index contributed by atoms with van der Waals surface area (Å²) in [5, 5.41) is 0. The summed E-state index contributed by atoms with van der Waals surface area (Å²) in [6.45, 7) is 0. The highest BCUT2D eigenvalue weighted by Gasteiger charge is 2.46. The molecule has 0 radical (unpaired) electrons. The molecule has 0 atom stereocenters. The van der Waals surface area contributed by atoms with Gasteiger partial charge in [-0.1, -0.05) is 46.4 Å². The summed E-state index contributed by atoms with van der Waals surface area (Å²) in [4.78, 5) is 0. The van der Waals surface area contributed by atoms with Crippen LogP contribution in [0.15, 0.2) is 0 Å². The van der Waals surface area contributed by atoms with E-state index in [0.717, 1.165) is 0 Å². The van der Waals surface area contributed by atoms with Crippen molar-refractivity contribution >= 4 is 69.9 Å². The van der Waals surface area contributed by atoms with Crippen LogP contribution in [0.5, 0.6) is 0 Å². The van der Waals surface area contributed by atoms with Gasteiger partial charge in [-0.15, -0.1) is 23.5 Å². The van der Waals surface area contributed by atoms with Gasteiger partial charge in [-0.2, -0.15) is 0 Å². The molecule has 0 saturated carbocycles. The van der Waals surface area contributed by atoms with Crippen molar-refractivity contribution < 1.29 is 0 Å². The Morgan fingerprint density at radius 3 is 1.10 bits per heavy atom. The fourth-order valence-electron chi connectivity index (χ4n) is 0.238. The second-order valence-corrected chi connectivity index (χ2v) is 7.03. The minimum absolute atomic E-state index is 1.16. The highest BCUT2D eigenvalue weighted by atomic mass is 35.5. The lowest BCUT2D eigenvalue weighted by molar-refractivity contribution is 1.14. The molecule has 0 unspecified atom stereocenters. The highest BCUT2D eigenvalue weighted by molar-refractivity contribution is 8.07. The fraction of sp³-hybridized carbons (Fsp3) is 1.00. The summed E-state index contributed by atoms with van der Waals surface area (Å²) in [6.07, 6.45) is 3.49. The van der Waals surface area contributed by atoms with E-state index in [4.69, 9.17) is 46.4 Å². The lowest BCUT2D eigenvalue weighted by Gasteiger charge is -2.28. The standard InChI is InChI=1S/C4H6Cl4S2/c1-9-3(5,6)4(7,8)10-2/h1-2H3. The van der Waals surface area contributed by atoms with Crippen LogP contribution in [0.2, 0.25) is 0 Å². The molecule has 0 aliphatic carbocycles. The average molecular weight is 260 g/mol. The predicted molar refractivity (Wildman–Crippen MR) is 55.9 cm³/mol. The van der Waals surface area contributed by atoms with Crippen molar-refractivity contribution in [2.75, 3.05) is 12.5 Å². The molecule has 0 nitrogen and oxygen atoms in total. The molecule has 0 heterocycles. The lowest BCUT2D eigenvalue weighted by Crippen LogP contribution is -2.28. The Labute approximate surface area is 89.3 Å². The number of thioether (sulfide) groups is 2. The molecule has 0 N–H and O–H groups in total. The quantitative estimate of drug-likeness (QED) is 0.704. The summed E-state index contributed by atoms with van der Waals surface area (Å²) in [5.41, 5.74) is 0. The Morgan fingerprint density at radius 1 is 0.800 bits per heavy atom. The molecule has 0 rings (SSSR count). The maximum atomic E-state index is 5.76. The summed E-state index contributed by atoms with van der Waals surface area (Å²) in [7, 11) is 0. The molecule has 10 heavy (non-hydrogen) atoms. The van der Waals surface area contributed by atoms with Crippen molar-refractivity contribution in [2.24, 2.45) is 0 Å². The van der Waals surface area contributed by atoms with E-state index in [9.17, 15) is 0 Å². The zero-order valence-corrected chi connectivity index (χ0v) is 9.99. The SMILES string of the molecule is CSC(Cl)(Cl)C(Cl)(Cl)SC. The average Bonchev–Trinajstić information content (AvgIpc) is 1.88. The van der Waals surface area contributed by atoms with Gasteiger partial charge >= 0.3 is 0 Å². The molecule has 0 fully saturated rings. The fourth-order valence-corrected chi connectivity index (χ4v) is 2.14. The van der Waals surface area contributed by atoms with E-state index in [2.05, 4.69) is 0 Å². The Balaban J connectivity index is 4.28. The van der Waals surface area contributed by atoms with Crippen LogP contribution in [-0.2, 0) is 0 Å². The van der Waals surface area contributed by atoms with Gasteiger partial charge in [-0.25, -0.2) is 0 Å². The lowest BCUT2D eigenvalue weighted by atomic mass is 10.9. The molecular weight excluding hydrogens is 254 g/mol. The largest absolute Gasteiger partial charge is 0.205 e. The number of halogens is 4. The van der Waals surface area contributed by atoms with E-state index >= 15 is 0 Å². The van der Waals surface area contributed by atoms with Gasteiger partial charge < -0.3 is 0 Å². The van der Waals surface area contributed by atoms with Crippen molar-refractivity contribution in [2.45, 2.75) is 7.33 Å². The molecule has 0 aliphatic heterocycles. The summed E-state index contributed by atoms with van der Waals surface area (Å²) >= 11 is 25.4. The van der Waals surface area contributed by atoms with Crippen LogP contribution in [0.3, 0.4) is 0 Å². The van der Waals surface area contributed by atoms with Crippen LogP contribution in [-0.4, -0.2) is 19.8 Å². The van der Waals surface area contributed by atoms with Crippen LogP contribution in [0, 0.1) is 0 Å². The number of hydrogen-bond donors (Lipinski definition) is 0. The van der Waals surface area contributed by atoms with Gasteiger partial charge in [0.25, 0.3) is 0 Å². The molecule has 0 saturated heterocycles. The van der Waals surface area contributed by atoms with Crippen LogP contribution in [0.4, 0.5) is 0 Å². The molecule has 0 amide bonds. The Morgan fingerprint density at radius 2 is 1.00 bits per heavy atom. The van der Waals surface area contributed by atoms with Gasteiger partial charge in [-0.3, -0.25) is 0 Å². The smallest absolute Gasteiger partial charge is 0.123 e. The Hall–Kier alpha value is 1.86. The topological polar surface area (TPSA) is 0 Å². The van der Waals surface area contributed by atoms with Gasteiger partial charge in [0.05, 0.1) is 0 Å². The van der Waals surface area contributed by atoms with Gasteiger partial charge in [0.2, 0.25) is 7.33 Å². The normalized spacial score (nSPS) is 13.8. The number of rotatable bonds is 3. The molecule has 6 heteroatoms. The van der Waals surface area contributed by atoms with E-state index in [-0.39, 0.29) is 0 Å². The van der Waals surface area contributed by atoms with Crippen LogP contribution >= 0.6 is 69.9 Å². The van der Waals surface area contributed by atoms with Gasteiger partial charge in [0.1, 0.15) is 0 Å². The van der Waals surface area contributed by atoms with Crippen LogP contribution in [0.1, 0.15) is 0 Å². The molecule has 62 valence electrons. The summed E-state index contributed by atoms with van der Waals surface area (Å²) < 4.78 is -2.31. The van der Waals surface area contributed by atoms with E-state index in [1.165, 1.54) is 23.5 Å². The first-order valence-corrected chi connectivity index (χ1v) is 6.19. The zero-order chi connectivity index (χ0) is 8.41. The predicted octanol–water partition coefficient (Wildman–Crippen LogP) is 3.98. The third kappa shape index (κ3) is 2.72. The van der Waals surface area contributed by atoms with Crippen molar-refractivity contribution in [3.05, 3.63) is 0 Å². The zero-order valence-electron chi connectivity index (χ0n) is 5.33. The molecular formula is C4H6Cl4S2. The monoisotopic (exact) mass is 258 g/mol. The minimum atomic E-state index is -1.16. The number of alkyl halides is 4. The van der Waals surface area contributed by atoms with Crippen molar-refractivity contribution in [3.8, 4) is 0 Å². The summed E-state index contributed by atoms with van der Waals surface area (Å²) in [6, 6.07) is 0. The third-order valence-electron chi connectivity index (χ3n) is 0.852.